The number of amides is 2. The Morgan fingerprint density at radius 1 is 1.29 bits per heavy atom. The van der Waals surface area contributed by atoms with Crippen molar-refractivity contribution < 1.29 is 19.5 Å². The van der Waals surface area contributed by atoms with Crippen LogP contribution < -0.4 is 10.6 Å². The van der Waals surface area contributed by atoms with Crippen LogP contribution in [0.5, 0.6) is 0 Å². The van der Waals surface area contributed by atoms with Crippen LogP contribution in [0.15, 0.2) is 30.3 Å². The Morgan fingerprint density at radius 3 is 2.58 bits per heavy atom. The fourth-order valence-corrected chi connectivity index (χ4v) is 4.73. The third-order valence-corrected chi connectivity index (χ3v) is 5.79. The number of nitrogens with one attached hydrogen (secondary N) is 2. The number of benzene rings is 1. The zero-order valence-corrected chi connectivity index (χ0v) is 14.2. The van der Waals surface area contributed by atoms with Crippen molar-refractivity contribution in [1.82, 2.24) is 10.2 Å². The van der Waals surface area contributed by atoms with Crippen molar-refractivity contribution in [2.75, 3.05) is 11.9 Å². The van der Waals surface area contributed by atoms with Crippen molar-refractivity contribution in [3.63, 3.8) is 0 Å². The Kier molecular flexibility index (Phi) is 4.16. The van der Waals surface area contributed by atoms with Gasteiger partial charge in [-0.25, -0.2) is 4.79 Å². The summed E-state index contributed by atoms with van der Waals surface area (Å²) in [5.41, 5.74) is 0.816. The van der Waals surface area contributed by atoms with Gasteiger partial charge in [0.15, 0.2) is 0 Å². The average molecular weight is 349 g/mol. The Hall–Kier alpha value is -2.22. The predicted molar refractivity (Wildman–Crippen MR) is 90.6 cm³/mol. The van der Waals surface area contributed by atoms with Gasteiger partial charge in [-0.05, 0) is 26.0 Å². The molecule has 2 aliphatic rings. The SMILES string of the molecule is CC1(C)S[C@@H]2C(NC(=O)CNc3ccccc3)C(=O)N2[C@H]1C(=O)O. The molecule has 24 heavy (non-hydrogen) atoms. The van der Waals surface area contributed by atoms with Gasteiger partial charge in [0.05, 0.1) is 6.54 Å². The maximum absolute atomic E-state index is 12.3. The number of aliphatic carboxylic acids is 1. The van der Waals surface area contributed by atoms with E-state index in [0.717, 1.165) is 5.69 Å². The first-order valence-corrected chi connectivity index (χ1v) is 8.50. The molecule has 7 nitrogen and oxygen atoms in total. The van der Waals surface area contributed by atoms with E-state index in [1.165, 1.54) is 16.7 Å². The van der Waals surface area contributed by atoms with Crippen molar-refractivity contribution in [1.29, 1.82) is 0 Å². The molecule has 3 N–H and O–H groups in total. The number of thioether (sulfide) groups is 1. The number of carboxylic acid groups (broad SMARTS) is 1. The second-order valence-corrected chi connectivity index (χ2v) is 8.13. The fraction of sp³-hybridized carbons (Fsp3) is 0.438. The molecule has 0 aliphatic carbocycles. The lowest BCUT2D eigenvalue weighted by atomic mass is 9.96. The van der Waals surface area contributed by atoms with E-state index in [1.54, 1.807) is 13.8 Å². The van der Waals surface area contributed by atoms with Gasteiger partial charge in [-0.15, -0.1) is 11.8 Å². The van der Waals surface area contributed by atoms with Gasteiger partial charge >= 0.3 is 5.97 Å². The third-order valence-electron chi connectivity index (χ3n) is 4.22. The largest absolute Gasteiger partial charge is 0.480 e. The number of rotatable bonds is 5. The van der Waals surface area contributed by atoms with E-state index in [2.05, 4.69) is 10.6 Å². The van der Waals surface area contributed by atoms with Crippen molar-refractivity contribution in [3.05, 3.63) is 30.3 Å². The molecule has 1 aromatic carbocycles. The first kappa shape index (κ1) is 16.6. The van der Waals surface area contributed by atoms with Gasteiger partial charge in [0.1, 0.15) is 17.5 Å². The van der Waals surface area contributed by atoms with E-state index in [4.69, 9.17) is 0 Å². The summed E-state index contributed by atoms with van der Waals surface area (Å²) in [4.78, 5) is 37.1. The standard InChI is InChI=1S/C16H19N3O4S/c1-16(2)12(15(22)23)19-13(21)11(14(19)24-16)18-10(20)8-17-9-6-4-3-5-7-9/h3-7,11-12,14,17H,8H2,1-2H3,(H,18,20)(H,22,23)/t11?,12-,14+/m0/s1. The number of carbonyl (C=O) groups excluding carboxylic acids is 2. The number of carboxylic acids is 1. The molecule has 0 radical (unpaired) electrons. The predicted octanol–water partition coefficient (Wildman–Crippen LogP) is 0.730. The highest BCUT2D eigenvalue weighted by Crippen LogP contribution is 2.50. The molecule has 2 heterocycles. The molecule has 2 saturated heterocycles. The second-order valence-electron chi connectivity index (χ2n) is 6.36. The van der Waals surface area contributed by atoms with Crippen LogP contribution in [-0.4, -0.2) is 56.5 Å². The molecule has 128 valence electrons. The number of para-hydroxylation sites is 1. The van der Waals surface area contributed by atoms with Crippen LogP contribution in [0.3, 0.4) is 0 Å². The van der Waals surface area contributed by atoms with E-state index < -0.39 is 22.8 Å². The van der Waals surface area contributed by atoms with Gasteiger partial charge in [0.25, 0.3) is 0 Å². The lowest BCUT2D eigenvalue weighted by Gasteiger charge is -2.43. The van der Waals surface area contributed by atoms with E-state index in [0.29, 0.717) is 0 Å². The average Bonchev–Trinajstić information content (AvgIpc) is 2.80. The minimum Gasteiger partial charge on any atom is -0.480 e. The van der Waals surface area contributed by atoms with Crippen LogP contribution in [0, 0.1) is 0 Å². The molecule has 3 rings (SSSR count). The number of anilines is 1. The Labute approximate surface area is 143 Å². The Morgan fingerprint density at radius 2 is 1.96 bits per heavy atom. The highest BCUT2D eigenvalue weighted by atomic mass is 32.2. The molecule has 1 unspecified atom stereocenters. The van der Waals surface area contributed by atoms with Crippen LogP contribution in [-0.2, 0) is 14.4 Å². The Bertz CT molecular complexity index is 679. The summed E-state index contributed by atoms with van der Waals surface area (Å²) in [5, 5.41) is 14.7. The first-order chi connectivity index (χ1) is 11.3. The summed E-state index contributed by atoms with van der Waals surface area (Å²) in [5.74, 6) is -1.65. The lowest BCUT2D eigenvalue weighted by Crippen LogP contribution is -2.70. The van der Waals surface area contributed by atoms with Crippen LogP contribution in [0.4, 0.5) is 5.69 Å². The minimum atomic E-state index is -1.01. The molecule has 3 atom stereocenters. The van der Waals surface area contributed by atoms with Gasteiger partial charge in [-0.2, -0.15) is 0 Å². The molecule has 0 spiro atoms. The minimum absolute atomic E-state index is 0.0525. The second kappa shape index (κ2) is 6.01. The molecule has 0 saturated carbocycles. The molecular formula is C16H19N3O4S. The number of hydrogen-bond donors (Lipinski definition) is 3. The topological polar surface area (TPSA) is 98.7 Å². The fourth-order valence-electron chi connectivity index (χ4n) is 3.11. The van der Waals surface area contributed by atoms with Gasteiger partial charge in [-0.3, -0.25) is 9.59 Å². The molecule has 1 aromatic rings. The smallest absolute Gasteiger partial charge is 0.327 e. The maximum Gasteiger partial charge on any atom is 0.327 e. The summed E-state index contributed by atoms with van der Waals surface area (Å²) in [6.45, 7) is 3.66. The summed E-state index contributed by atoms with van der Waals surface area (Å²) in [6.07, 6.45) is 0. The first-order valence-electron chi connectivity index (χ1n) is 7.62. The van der Waals surface area contributed by atoms with E-state index in [1.807, 2.05) is 30.3 Å². The summed E-state index contributed by atoms with van der Waals surface area (Å²) in [6, 6.07) is 7.75. The quantitative estimate of drug-likeness (QED) is 0.678. The van der Waals surface area contributed by atoms with Crippen molar-refractivity contribution in [2.45, 2.75) is 36.1 Å². The van der Waals surface area contributed by atoms with Crippen LogP contribution in [0.2, 0.25) is 0 Å². The van der Waals surface area contributed by atoms with Gasteiger partial charge in [0.2, 0.25) is 11.8 Å². The zero-order valence-electron chi connectivity index (χ0n) is 13.4. The summed E-state index contributed by atoms with van der Waals surface area (Å²) < 4.78 is -0.589. The third kappa shape index (κ3) is 2.82. The summed E-state index contributed by atoms with van der Waals surface area (Å²) >= 11 is 1.41. The molecule has 0 aromatic heterocycles. The molecule has 8 heteroatoms. The number of β-lactam (4-membered cyclic amide) rings is 1. The highest BCUT2D eigenvalue weighted by Gasteiger charge is 2.64. The molecule has 2 aliphatic heterocycles. The van der Waals surface area contributed by atoms with Crippen LogP contribution in [0.1, 0.15) is 13.8 Å². The van der Waals surface area contributed by atoms with Crippen molar-refractivity contribution in [3.8, 4) is 0 Å². The monoisotopic (exact) mass is 349 g/mol. The van der Waals surface area contributed by atoms with E-state index in [9.17, 15) is 19.5 Å². The maximum atomic E-state index is 12.3. The molecule has 0 bridgehead atoms. The molecular weight excluding hydrogens is 330 g/mol. The van der Waals surface area contributed by atoms with Crippen LogP contribution in [0.25, 0.3) is 0 Å². The number of hydrogen-bond acceptors (Lipinski definition) is 5. The number of carbonyl (C=O) groups is 3. The van der Waals surface area contributed by atoms with Crippen LogP contribution >= 0.6 is 11.8 Å². The van der Waals surface area contributed by atoms with Crippen molar-refractivity contribution >= 4 is 35.2 Å². The van der Waals surface area contributed by atoms with Gasteiger partial charge in [-0.1, -0.05) is 18.2 Å². The van der Waals surface area contributed by atoms with E-state index in [-0.39, 0.29) is 23.7 Å². The van der Waals surface area contributed by atoms with Crippen molar-refractivity contribution in [2.24, 2.45) is 0 Å². The number of fused-ring (bicyclic) bond motifs is 1. The lowest BCUT2D eigenvalue weighted by molar-refractivity contribution is -0.161. The normalized spacial score (nSPS) is 27.2. The highest BCUT2D eigenvalue weighted by molar-refractivity contribution is 8.01. The van der Waals surface area contributed by atoms with Gasteiger partial charge in [0, 0.05) is 10.4 Å². The van der Waals surface area contributed by atoms with E-state index >= 15 is 0 Å². The number of nitrogens with zero attached hydrogens (tertiary/aromatic N) is 1. The zero-order chi connectivity index (χ0) is 17.5. The Balaban J connectivity index is 1.59. The van der Waals surface area contributed by atoms with Gasteiger partial charge < -0.3 is 20.6 Å². The molecule has 2 amide bonds. The summed E-state index contributed by atoms with van der Waals surface area (Å²) in [7, 11) is 0. The molecule has 2 fully saturated rings.